The fraction of sp³-hybridized carbons (Fsp3) is 0.800. The lowest BCUT2D eigenvalue weighted by Crippen LogP contribution is -2.70. The number of hydrogen-bond acceptors (Lipinski definition) is 3. The lowest BCUT2D eigenvalue weighted by atomic mass is 9.87. The number of alkyl halides is 13. The highest BCUT2D eigenvalue weighted by atomic mass is 19.4. The molecule has 2 unspecified atom stereocenters. The molecule has 37 heavy (non-hydrogen) atoms. The van der Waals surface area contributed by atoms with Crippen LogP contribution < -0.4 is 0 Å². The third-order valence-electron chi connectivity index (χ3n) is 5.27. The second kappa shape index (κ2) is 12.1. The minimum Gasteiger partial charge on any atom is -0.478 e. The van der Waals surface area contributed by atoms with E-state index in [2.05, 4.69) is 4.74 Å². The molecule has 0 rings (SSSR count). The van der Waals surface area contributed by atoms with Gasteiger partial charge in [-0.15, -0.1) is 0 Å². The maximum atomic E-state index is 14.3. The molecule has 0 aliphatic carbocycles. The smallest absolute Gasteiger partial charge is 0.460 e. The van der Waals surface area contributed by atoms with Crippen LogP contribution in [-0.2, 0) is 14.3 Å². The molecular weight excluding hydrogens is 551 g/mol. The zero-order chi connectivity index (χ0) is 29.7. The molecule has 0 aromatic heterocycles. The minimum atomic E-state index is -8.03. The summed E-state index contributed by atoms with van der Waals surface area (Å²) in [4.78, 5) is 22.1. The van der Waals surface area contributed by atoms with Gasteiger partial charge in [-0.3, -0.25) is 0 Å². The number of halogens is 13. The number of hydrogen-bond donors (Lipinski definition) is 1. The summed E-state index contributed by atoms with van der Waals surface area (Å²) in [6.07, 6.45) is -12.0. The first-order chi connectivity index (χ1) is 16.4. The summed E-state index contributed by atoms with van der Waals surface area (Å²) < 4.78 is 178. The summed E-state index contributed by atoms with van der Waals surface area (Å²) in [5.41, 5.74) is 0. The van der Waals surface area contributed by atoms with Crippen molar-refractivity contribution in [2.24, 2.45) is 5.92 Å². The van der Waals surface area contributed by atoms with Crippen LogP contribution in [0.3, 0.4) is 0 Å². The van der Waals surface area contributed by atoms with Gasteiger partial charge in [0.2, 0.25) is 0 Å². The molecule has 0 amide bonds. The predicted octanol–water partition coefficient (Wildman–Crippen LogP) is 7.27. The zero-order valence-electron chi connectivity index (χ0n) is 19.1. The molecule has 0 aromatic carbocycles. The summed E-state index contributed by atoms with van der Waals surface area (Å²) in [6.45, 7) is 3.15. The molecule has 0 aliphatic heterocycles. The van der Waals surface area contributed by atoms with E-state index in [1.54, 1.807) is 6.92 Å². The van der Waals surface area contributed by atoms with Gasteiger partial charge >= 0.3 is 47.7 Å². The highest BCUT2D eigenvalue weighted by Gasteiger charge is 2.90. The highest BCUT2D eigenvalue weighted by Crippen LogP contribution is 2.61. The van der Waals surface area contributed by atoms with Gasteiger partial charge < -0.3 is 9.84 Å². The number of ether oxygens (including phenoxy) is 1. The maximum Gasteiger partial charge on any atom is 0.460 e. The van der Waals surface area contributed by atoms with Crippen LogP contribution in [0.1, 0.15) is 52.4 Å². The van der Waals surface area contributed by atoms with Crippen LogP contribution in [0.2, 0.25) is 0 Å². The number of carboxylic acids is 1. The van der Waals surface area contributed by atoms with Crippen molar-refractivity contribution in [2.45, 2.75) is 94.3 Å². The lowest BCUT2D eigenvalue weighted by Gasteiger charge is -2.40. The van der Waals surface area contributed by atoms with Gasteiger partial charge in [0.1, 0.15) is 6.10 Å². The van der Waals surface area contributed by atoms with Crippen molar-refractivity contribution in [3.8, 4) is 0 Å². The number of esters is 1. The molecule has 0 aliphatic rings. The van der Waals surface area contributed by atoms with E-state index in [0.29, 0.717) is 12.8 Å². The van der Waals surface area contributed by atoms with E-state index in [0.717, 1.165) is 0 Å². The van der Waals surface area contributed by atoms with Crippen molar-refractivity contribution in [1.29, 1.82) is 0 Å². The Balaban J connectivity index is 6.35. The monoisotopic (exact) mass is 574 g/mol. The van der Waals surface area contributed by atoms with Crippen LogP contribution >= 0.6 is 0 Å². The zero-order valence-corrected chi connectivity index (χ0v) is 19.1. The Morgan fingerprint density at radius 3 is 1.68 bits per heavy atom. The summed E-state index contributed by atoms with van der Waals surface area (Å²) in [5, 5.41) is 8.45. The largest absolute Gasteiger partial charge is 0.478 e. The van der Waals surface area contributed by atoms with E-state index in [4.69, 9.17) is 5.11 Å². The van der Waals surface area contributed by atoms with Gasteiger partial charge in [-0.1, -0.05) is 39.5 Å². The van der Waals surface area contributed by atoms with Gasteiger partial charge in [0.25, 0.3) is 0 Å². The first-order valence-electron chi connectivity index (χ1n) is 10.5. The molecule has 17 heteroatoms. The summed E-state index contributed by atoms with van der Waals surface area (Å²) in [5.74, 6) is -42.0. The predicted molar refractivity (Wildman–Crippen MR) is 100.0 cm³/mol. The second-order valence-electron chi connectivity index (χ2n) is 8.09. The third kappa shape index (κ3) is 7.65. The Bertz CT molecular complexity index is 807. The van der Waals surface area contributed by atoms with Crippen LogP contribution in [-0.4, -0.2) is 58.9 Å². The summed E-state index contributed by atoms with van der Waals surface area (Å²) in [7, 11) is 0. The third-order valence-corrected chi connectivity index (χ3v) is 5.27. The topological polar surface area (TPSA) is 63.6 Å². The average molecular weight is 574 g/mol. The molecule has 0 fully saturated rings. The van der Waals surface area contributed by atoms with Crippen LogP contribution in [0, 0.1) is 5.92 Å². The quantitative estimate of drug-likeness (QED) is 0.127. The Hall–Kier alpha value is -2.23. The van der Waals surface area contributed by atoms with Gasteiger partial charge in [-0.25, -0.2) is 9.59 Å². The van der Waals surface area contributed by atoms with E-state index in [9.17, 15) is 66.7 Å². The molecule has 0 heterocycles. The fourth-order valence-corrected chi connectivity index (χ4v) is 3.09. The van der Waals surface area contributed by atoms with Crippen molar-refractivity contribution >= 4 is 11.9 Å². The molecule has 4 nitrogen and oxygen atoms in total. The molecule has 1 N–H and O–H groups in total. The number of rotatable bonds is 15. The standard InChI is InChI=1S/C20H23F13O4/c1-3-5-6-11(4-2)9-12(37-14(36)8-7-13(34)35)10-15(21,22)16(23,24)17(25,26)18(27,28)19(29,30)20(31,32)33/h7-8,11-12H,3-6,9-10H2,1-2H3,(H,34,35)/b8-7-. The SMILES string of the molecule is CCCCC(CC)CC(CC(F)(F)C(F)(F)C(F)(F)C(F)(F)C(F)(F)C(F)(F)F)OC(=O)/C=C\C(=O)O. The average Bonchev–Trinajstić information content (AvgIpc) is 2.73. The first-order valence-corrected chi connectivity index (χ1v) is 10.5. The molecule has 2 atom stereocenters. The number of carboxylic acid groups (broad SMARTS) is 1. The second-order valence-corrected chi connectivity index (χ2v) is 8.09. The molecule has 0 saturated carbocycles. The number of unbranched alkanes of at least 4 members (excludes halogenated alkanes) is 1. The van der Waals surface area contributed by atoms with E-state index in [1.165, 1.54) is 6.92 Å². The number of carbonyl (C=O) groups is 2. The normalized spacial score (nSPS) is 16.1. The molecule has 0 saturated heterocycles. The molecule has 0 aromatic rings. The molecule has 0 bridgehead atoms. The molecular formula is C20H23F13O4. The Kier molecular flexibility index (Phi) is 11.4. The Morgan fingerprint density at radius 2 is 1.27 bits per heavy atom. The van der Waals surface area contributed by atoms with E-state index < -0.39 is 72.6 Å². The van der Waals surface area contributed by atoms with Crippen molar-refractivity contribution in [3.05, 3.63) is 12.2 Å². The Labute approximate surface area is 201 Å². The van der Waals surface area contributed by atoms with Crippen molar-refractivity contribution in [1.82, 2.24) is 0 Å². The van der Waals surface area contributed by atoms with E-state index >= 15 is 0 Å². The highest BCUT2D eigenvalue weighted by molar-refractivity contribution is 5.90. The summed E-state index contributed by atoms with van der Waals surface area (Å²) in [6, 6.07) is 0. The van der Waals surface area contributed by atoms with Crippen molar-refractivity contribution in [3.63, 3.8) is 0 Å². The van der Waals surface area contributed by atoms with Gasteiger partial charge in [-0.05, 0) is 12.3 Å². The molecule has 0 spiro atoms. The van der Waals surface area contributed by atoms with Crippen LogP contribution in [0.15, 0.2) is 12.2 Å². The van der Waals surface area contributed by atoms with Gasteiger partial charge in [-0.2, -0.15) is 57.1 Å². The van der Waals surface area contributed by atoms with E-state index in [1.807, 2.05) is 0 Å². The number of carbonyl (C=O) groups excluding carboxylic acids is 1. The summed E-state index contributed by atoms with van der Waals surface area (Å²) >= 11 is 0. The molecule has 0 radical (unpaired) electrons. The van der Waals surface area contributed by atoms with E-state index in [-0.39, 0.29) is 25.0 Å². The van der Waals surface area contributed by atoms with Gasteiger partial charge in [0.15, 0.2) is 0 Å². The molecule has 218 valence electrons. The van der Waals surface area contributed by atoms with Gasteiger partial charge in [0.05, 0.1) is 6.42 Å². The van der Waals surface area contributed by atoms with Crippen molar-refractivity contribution < 1.29 is 76.5 Å². The number of aliphatic carboxylic acids is 1. The van der Waals surface area contributed by atoms with Gasteiger partial charge in [0, 0.05) is 12.2 Å². The lowest BCUT2D eigenvalue weighted by molar-refractivity contribution is -0.440. The first kappa shape index (κ1) is 34.8. The van der Waals surface area contributed by atoms with Crippen LogP contribution in [0.25, 0.3) is 0 Å². The Morgan fingerprint density at radius 1 is 0.784 bits per heavy atom. The fourth-order valence-electron chi connectivity index (χ4n) is 3.09. The van der Waals surface area contributed by atoms with Crippen molar-refractivity contribution in [2.75, 3.05) is 0 Å². The minimum absolute atomic E-state index is 0.116. The van der Waals surface area contributed by atoms with Crippen LogP contribution in [0.4, 0.5) is 57.1 Å². The maximum absolute atomic E-state index is 14.3. The van der Waals surface area contributed by atoms with Crippen LogP contribution in [0.5, 0.6) is 0 Å².